The SMILES string of the molecule is CCC(CC)(CCO)CNS(=O)(=O)c1ncn(C)c1Cl. The number of aliphatic hydroxyl groups excluding tert-OH is 1. The van der Waals surface area contributed by atoms with Gasteiger partial charge in [-0.15, -0.1) is 0 Å². The van der Waals surface area contributed by atoms with Gasteiger partial charge in [0.15, 0.2) is 0 Å². The number of nitrogens with zero attached hydrogens (tertiary/aromatic N) is 2. The first-order valence-corrected chi connectivity index (χ1v) is 8.45. The van der Waals surface area contributed by atoms with Crippen LogP contribution in [0.15, 0.2) is 11.4 Å². The van der Waals surface area contributed by atoms with Crippen LogP contribution in [-0.4, -0.2) is 36.2 Å². The summed E-state index contributed by atoms with van der Waals surface area (Å²) >= 11 is 5.91. The number of hydrogen-bond acceptors (Lipinski definition) is 4. The highest BCUT2D eigenvalue weighted by Gasteiger charge is 2.30. The van der Waals surface area contributed by atoms with Crippen molar-refractivity contribution in [2.24, 2.45) is 12.5 Å². The van der Waals surface area contributed by atoms with Gasteiger partial charge in [0.2, 0.25) is 5.03 Å². The van der Waals surface area contributed by atoms with Crippen LogP contribution in [0.3, 0.4) is 0 Å². The van der Waals surface area contributed by atoms with E-state index in [-0.39, 0.29) is 28.7 Å². The fourth-order valence-corrected chi connectivity index (χ4v) is 3.65. The van der Waals surface area contributed by atoms with Gasteiger partial charge in [0.25, 0.3) is 10.0 Å². The van der Waals surface area contributed by atoms with Crippen LogP contribution >= 0.6 is 11.6 Å². The number of aliphatic hydroxyl groups is 1. The molecule has 0 aliphatic carbocycles. The topological polar surface area (TPSA) is 84.2 Å². The summed E-state index contributed by atoms with van der Waals surface area (Å²) in [6, 6.07) is 0. The maximum absolute atomic E-state index is 12.2. The highest BCUT2D eigenvalue weighted by atomic mass is 35.5. The van der Waals surface area contributed by atoms with Gasteiger partial charge in [-0.1, -0.05) is 25.4 Å². The molecular weight excluding hydrogens is 302 g/mol. The number of aromatic nitrogens is 2. The maximum atomic E-state index is 12.2. The number of aryl methyl sites for hydroxylation is 1. The summed E-state index contributed by atoms with van der Waals surface area (Å²) in [5, 5.41) is 9.07. The molecule has 2 N–H and O–H groups in total. The normalized spacial score (nSPS) is 12.8. The molecule has 1 heterocycles. The highest BCUT2D eigenvalue weighted by Crippen LogP contribution is 2.30. The molecule has 0 spiro atoms. The second-order valence-electron chi connectivity index (χ2n) is 4.96. The predicted molar refractivity (Wildman–Crippen MR) is 78.1 cm³/mol. The van der Waals surface area contributed by atoms with Crippen LogP contribution in [0, 0.1) is 5.41 Å². The Bertz CT molecular complexity index is 538. The zero-order valence-corrected chi connectivity index (χ0v) is 13.6. The molecule has 0 radical (unpaired) electrons. The Kier molecular flexibility index (Phi) is 6.00. The summed E-state index contributed by atoms with van der Waals surface area (Å²) < 4.78 is 28.4. The molecule has 0 saturated carbocycles. The lowest BCUT2D eigenvalue weighted by Gasteiger charge is -2.31. The van der Waals surface area contributed by atoms with E-state index in [9.17, 15) is 8.42 Å². The lowest BCUT2D eigenvalue weighted by Crippen LogP contribution is -2.37. The fraction of sp³-hybridized carbons (Fsp3) is 0.750. The molecular formula is C12H22ClN3O3S. The monoisotopic (exact) mass is 323 g/mol. The molecule has 0 saturated heterocycles. The number of imidazole rings is 1. The third-order valence-corrected chi connectivity index (χ3v) is 5.76. The van der Waals surface area contributed by atoms with Gasteiger partial charge in [-0.3, -0.25) is 0 Å². The van der Waals surface area contributed by atoms with Gasteiger partial charge < -0.3 is 9.67 Å². The minimum absolute atomic E-state index is 0.0355. The molecule has 1 aromatic heterocycles. The molecule has 1 rings (SSSR count). The van der Waals surface area contributed by atoms with Crippen molar-refractivity contribution >= 4 is 21.6 Å². The molecule has 0 aliphatic rings. The Morgan fingerprint density at radius 2 is 2.05 bits per heavy atom. The van der Waals surface area contributed by atoms with Crippen molar-refractivity contribution in [3.8, 4) is 0 Å². The van der Waals surface area contributed by atoms with Crippen LogP contribution < -0.4 is 4.72 Å². The largest absolute Gasteiger partial charge is 0.396 e. The fourth-order valence-electron chi connectivity index (χ4n) is 2.07. The zero-order chi connectivity index (χ0) is 15.4. The van der Waals surface area contributed by atoms with Gasteiger partial charge in [0.1, 0.15) is 5.15 Å². The van der Waals surface area contributed by atoms with Crippen LogP contribution in [0.5, 0.6) is 0 Å². The zero-order valence-electron chi connectivity index (χ0n) is 12.1. The standard InChI is InChI=1S/C12H22ClN3O3S/c1-4-12(5-2,6-7-17)8-15-20(18,19)11-10(13)16(3)9-14-11/h9,15,17H,4-8H2,1-3H3. The summed E-state index contributed by atoms with van der Waals surface area (Å²) in [4.78, 5) is 3.82. The highest BCUT2D eigenvalue weighted by molar-refractivity contribution is 7.89. The molecule has 0 amide bonds. The van der Waals surface area contributed by atoms with Gasteiger partial charge in [-0.2, -0.15) is 0 Å². The van der Waals surface area contributed by atoms with E-state index >= 15 is 0 Å². The quantitative estimate of drug-likeness (QED) is 0.760. The van der Waals surface area contributed by atoms with Crippen molar-refractivity contribution < 1.29 is 13.5 Å². The van der Waals surface area contributed by atoms with E-state index < -0.39 is 10.0 Å². The van der Waals surface area contributed by atoms with Crippen LogP contribution in [0.1, 0.15) is 33.1 Å². The van der Waals surface area contributed by atoms with E-state index in [2.05, 4.69) is 9.71 Å². The lowest BCUT2D eigenvalue weighted by molar-refractivity contribution is 0.170. The average molecular weight is 324 g/mol. The Hall–Kier alpha value is -0.630. The van der Waals surface area contributed by atoms with Crippen molar-refractivity contribution in [2.45, 2.75) is 38.1 Å². The lowest BCUT2D eigenvalue weighted by atomic mass is 9.80. The van der Waals surface area contributed by atoms with Crippen molar-refractivity contribution in [3.63, 3.8) is 0 Å². The summed E-state index contributed by atoms with van der Waals surface area (Å²) in [6.07, 6.45) is 3.47. The molecule has 0 aliphatic heterocycles. The summed E-state index contributed by atoms with van der Waals surface area (Å²) in [7, 11) is -2.11. The van der Waals surface area contributed by atoms with Gasteiger partial charge >= 0.3 is 0 Å². The Morgan fingerprint density at radius 3 is 2.45 bits per heavy atom. The molecule has 0 bridgehead atoms. The van der Waals surface area contributed by atoms with E-state index in [0.717, 1.165) is 12.8 Å². The van der Waals surface area contributed by atoms with E-state index in [4.69, 9.17) is 16.7 Å². The summed E-state index contributed by atoms with van der Waals surface area (Å²) in [6.45, 7) is 4.27. The third-order valence-electron chi connectivity index (χ3n) is 3.87. The van der Waals surface area contributed by atoms with E-state index in [1.807, 2.05) is 13.8 Å². The first kappa shape index (κ1) is 17.4. The molecule has 1 aromatic rings. The number of rotatable bonds is 8. The average Bonchev–Trinajstić information content (AvgIpc) is 2.76. The molecule has 0 fully saturated rings. The van der Waals surface area contributed by atoms with Crippen molar-refractivity contribution in [1.82, 2.24) is 14.3 Å². The van der Waals surface area contributed by atoms with Gasteiger partial charge in [0.05, 0.1) is 6.33 Å². The number of nitrogens with one attached hydrogen (secondary N) is 1. The second-order valence-corrected chi connectivity index (χ2v) is 7.00. The first-order valence-electron chi connectivity index (χ1n) is 6.59. The molecule has 116 valence electrons. The van der Waals surface area contributed by atoms with Crippen molar-refractivity contribution in [3.05, 3.63) is 11.5 Å². The number of sulfonamides is 1. The molecule has 0 aromatic carbocycles. The van der Waals surface area contributed by atoms with Crippen molar-refractivity contribution in [2.75, 3.05) is 13.2 Å². The Morgan fingerprint density at radius 1 is 1.45 bits per heavy atom. The molecule has 6 nitrogen and oxygen atoms in total. The van der Waals surface area contributed by atoms with Crippen molar-refractivity contribution in [1.29, 1.82) is 0 Å². The minimum Gasteiger partial charge on any atom is -0.396 e. The maximum Gasteiger partial charge on any atom is 0.261 e. The van der Waals surface area contributed by atoms with E-state index in [1.54, 1.807) is 7.05 Å². The first-order chi connectivity index (χ1) is 9.32. The number of hydrogen-bond donors (Lipinski definition) is 2. The Labute approximate surface area is 125 Å². The molecule has 0 atom stereocenters. The second kappa shape index (κ2) is 6.89. The smallest absolute Gasteiger partial charge is 0.261 e. The van der Waals surface area contributed by atoms with E-state index in [1.165, 1.54) is 10.9 Å². The van der Waals surface area contributed by atoms with Crippen LogP contribution in [0.4, 0.5) is 0 Å². The van der Waals surface area contributed by atoms with Crippen LogP contribution in [-0.2, 0) is 17.1 Å². The molecule has 20 heavy (non-hydrogen) atoms. The van der Waals surface area contributed by atoms with E-state index in [0.29, 0.717) is 6.42 Å². The Balaban J connectivity index is 2.89. The number of halogens is 1. The van der Waals surface area contributed by atoms with Crippen LogP contribution in [0.25, 0.3) is 0 Å². The predicted octanol–water partition coefficient (Wildman–Crippen LogP) is 1.54. The molecule has 8 heteroatoms. The summed E-state index contributed by atoms with van der Waals surface area (Å²) in [5.74, 6) is 0. The van der Waals surface area contributed by atoms with Gasteiger partial charge in [-0.05, 0) is 24.7 Å². The summed E-state index contributed by atoms with van der Waals surface area (Å²) in [5.41, 5.74) is -0.247. The minimum atomic E-state index is -3.74. The molecule has 0 unspecified atom stereocenters. The van der Waals surface area contributed by atoms with Gasteiger partial charge in [-0.25, -0.2) is 18.1 Å². The van der Waals surface area contributed by atoms with Crippen LogP contribution in [0.2, 0.25) is 5.15 Å². The van der Waals surface area contributed by atoms with Gasteiger partial charge in [0, 0.05) is 20.2 Å². The third kappa shape index (κ3) is 3.72.